The maximum atomic E-state index is 11.7. The van der Waals surface area contributed by atoms with Crippen molar-refractivity contribution in [3.63, 3.8) is 0 Å². The lowest BCUT2D eigenvalue weighted by atomic mass is 9.85. The highest BCUT2D eigenvalue weighted by atomic mass is 16.1. The molecule has 0 spiro atoms. The molecule has 0 atom stereocenters. The fourth-order valence-corrected chi connectivity index (χ4v) is 3.14. The van der Waals surface area contributed by atoms with Gasteiger partial charge in [0.05, 0.1) is 5.69 Å². The van der Waals surface area contributed by atoms with Crippen molar-refractivity contribution in [1.29, 1.82) is 0 Å². The lowest BCUT2D eigenvalue weighted by Gasteiger charge is -2.23. The van der Waals surface area contributed by atoms with E-state index in [0.717, 1.165) is 24.1 Å². The Kier molecular flexibility index (Phi) is 2.96. The Hall–Kier alpha value is -1.18. The molecule has 1 aromatic heterocycles. The number of pyridine rings is 1. The van der Waals surface area contributed by atoms with Crippen LogP contribution in [0.25, 0.3) is 0 Å². The van der Waals surface area contributed by atoms with Crippen molar-refractivity contribution in [2.75, 3.05) is 0 Å². The van der Waals surface area contributed by atoms with Crippen LogP contribution in [0.2, 0.25) is 0 Å². The van der Waals surface area contributed by atoms with E-state index in [2.05, 4.69) is 6.07 Å². The number of aryl methyl sites for hydroxylation is 1. The van der Waals surface area contributed by atoms with Crippen LogP contribution in [0.3, 0.4) is 0 Å². The number of Topliss-reactive ketones (excluding diaryl/α,β-unsaturated/α-hetero) is 1. The van der Waals surface area contributed by atoms with Crippen molar-refractivity contribution in [2.45, 2.75) is 57.3 Å². The third-order valence-electron chi connectivity index (χ3n) is 4.14. The molecule has 0 aromatic carbocycles. The number of nitrogens with zero attached hydrogens (tertiary/aromatic N) is 1. The van der Waals surface area contributed by atoms with Crippen molar-refractivity contribution in [2.24, 2.45) is 0 Å². The molecule has 0 N–H and O–H groups in total. The van der Waals surface area contributed by atoms with Gasteiger partial charge in [-0.05, 0) is 37.8 Å². The maximum Gasteiger partial charge on any atom is 0.164 e. The van der Waals surface area contributed by atoms with E-state index in [9.17, 15) is 4.79 Å². The van der Waals surface area contributed by atoms with E-state index in [1.54, 1.807) is 0 Å². The summed E-state index contributed by atoms with van der Waals surface area (Å²) in [6.07, 6.45) is 9.27. The molecule has 1 saturated carbocycles. The first-order chi connectivity index (χ1) is 8.34. The number of hydrogen-bond donors (Lipinski definition) is 0. The van der Waals surface area contributed by atoms with Crippen LogP contribution in [-0.4, -0.2) is 10.8 Å². The summed E-state index contributed by atoms with van der Waals surface area (Å²) in [6.45, 7) is 0. The predicted octanol–water partition coefficient (Wildman–Crippen LogP) is 3.65. The fraction of sp³-hybridized carbons (Fsp3) is 0.600. The molecule has 0 radical (unpaired) electrons. The molecule has 1 fully saturated rings. The molecular weight excluding hydrogens is 210 g/mol. The molecule has 3 rings (SSSR count). The largest absolute Gasteiger partial charge is 0.294 e. The summed E-state index contributed by atoms with van der Waals surface area (Å²) < 4.78 is 0. The maximum absolute atomic E-state index is 11.7. The molecular formula is C15H19NO. The molecule has 2 aliphatic carbocycles. The first kappa shape index (κ1) is 10.9. The second kappa shape index (κ2) is 4.59. The normalized spacial score (nSPS) is 21.3. The van der Waals surface area contributed by atoms with Gasteiger partial charge in [-0.15, -0.1) is 0 Å². The predicted molar refractivity (Wildman–Crippen MR) is 67.3 cm³/mol. The monoisotopic (exact) mass is 229 g/mol. The Morgan fingerprint density at radius 3 is 2.65 bits per heavy atom. The highest BCUT2D eigenvalue weighted by molar-refractivity contribution is 5.97. The van der Waals surface area contributed by atoms with Gasteiger partial charge in [-0.2, -0.15) is 0 Å². The van der Waals surface area contributed by atoms with Gasteiger partial charge in [0.15, 0.2) is 5.78 Å². The van der Waals surface area contributed by atoms with Crippen LogP contribution in [-0.2, 0) is 6.42 Å². The molecule has 0 amide bonds. The highest BCUT2D eigenvalue weighted by Crippen LogP contribution is 2.32. The third-order valence-corrected chi connectivity index (χ3v) is 4.14. The van der Waals surface area contributed by atoms with E-state index in [0.29, 0.717) is 12.3 Å². The number of carbonyl (C=O) groups is 1. The molecule has 2 aliphatic rings. The summed E-state index contributed by atoms with van der Waals surface area (Å²) in [5, 5.41) is 0. The molecule has 1 heterocycles. The summed E-state index contributed by atoms with van der Waals surface area (Å²) in [6, 6.07) is 4.12. The van der Waals surface area contributed by atoms with Gasteiger partial charge >= 0.3 is 0 Å². The van der Waals surface area contributed by atoms with Gasteiger partial charge in [0.2, 0.25) is 0 Å². The van der Waals surface area contributed by atoms with E-state index < -0.39 is 0 Å². The Bertz CT molecular complexity index is 433. The highest BCUT2D eigenvalue weighted by Gasteiger charge is 2.22. The lowest BCUT2D eigenvalue weighted by Crippen LogP contribution is -2.15. The molecule has 2 nitrogen and oxygen atoms in total. The zero-order chi connectivity index (χ0) is 11.7. The topological polar surface area (TPSA) is 30.0 Å². The molecule has 2 heteroatoms. The smallest absolute Gasteiger partial charge is 0.164 e. The minimum absolute atomic E-state index is 0.286. The first-order valence-corrected chi connectivity index (χ1v) is 6.87. The van der Waals surface area contributed by atoms with Crippen LogP contribution in [0, 0.1) is 0 Å². The molecule has 0 bridgehead atoms. The van der Waals surface area contributed by atoms with Crippen molar-refractivity contribution in [1.82, 2.24) is 4.98 Å². The summed E-state index contributed by atoms with van der Waals surface area (Å²) in [4.78, 5) is 16.5. The van der Waals surface area contributed by atoms with Gasteiger partial charge in [-0.25, -0.2) is 0 Å². The van der Waals surface area contributed by atoms with Crippen molar-refractivity contribution in [3.05, 3.63) is 29.1 Å². The second-order valence-electron chi connectivity index (χ2n) is 5.34. The quantitative estimate of drug-likeness (QED) is 0.735. The summed E-state index contributed by atoms with van der Waals surface area (Å²) >= 11 is 0. The number of fused-ring (bicyclic) bond motifs is 1. The summed E-state index contributed by atoms with van der Waals surface area (Å²) in [5.74, 6) is 0.931. The van der Waals surface area contributed by atoms with E-state index >= 15 is 0 Å². The Balaban J connectivity index is 1.89. The Labute approximate surface area is 102 Å². The molecule has 0 aliphatic heterocycles. The fourth-order valence-electron chi connectivity index (χ4n) is 3.14. The molecule has 1 aromatic rings. The van der Waals surface area contributed by atoms with Gasteiger partial charge in [0.1, 0.15) is 0 Å². The lowest BCUT2D eigenvalue weighted by molar-refractivity contribution is 0.0971. The average molecular weight is 229 g/mol. The Morgan fingerprint density at radius 2 is 1.82 bits per heavy atom. The van der Waals surface area contributed by atoms with E-state index in [-0.39, 0.29) is 5.78 Å². The van der Waals surface area contributed by atoms with Gasteiger partial charge in [0.25, 0.3) is 0 Å². The zero-order valence-corrected chi connectivity index (χ0v) is 10.2. The van der Waals surface area contributed by atoms with Crippen LogP contribution < -0.4 is 0 Å². The van der Waals surface area contributed by atoms with Crippen molar-refractivity contribution >= 4 is 5.78 Å². The van der Waals surface area contributed by atoms with Gasteiger partial charge in [-0.3, -0.25) is 9.78 Å². The number of hydrogen-bond acceptors (Lipinski definition) is 2. The second-order valence-corrected chi connectivity index (χ2v) is 5.34. The van der Waals surface area contributed by atoms with Gasteiger partial charge < -0.3 is 0 Å². The van der Waals surface area contributed by atoms with Gasteiger partial charge in [-0.1, -0.05) is 19.3 Å². The van der Waals surface area contributed by atoms with E-state index in [1.807, 2.05) is 6.07 Å². The Morgan fingerprint density at radius 1 is 1.00 bits per heavy atom. The number of aromatic nitrogens is 1. The number of rotatable bonds is 1. The number of ketones is 1. The van der Waals surface area contributed by atoms with Crippen molar-refractivity contribution in [3.8, 4) is 0 Å². The zero-order valence-electron chi connectivity index (χ0n) is 10.2. The molecule has 0 unspecified atom stereocenters. The first-order valence-electron chi connectivity index (χ1n) is 6.87. The molecule has 0 saturated heterocycles. The SMILES string of the molecule is O=C1CCCc2nc(C3CCCCC3)ccc21. The van der Waals surface area contributed by atoms with E-state index in [1.165, 1.54) is 37.8 Å². The van der Waals surface area contributed by atoms with Crippen molar-refractivity contribution < 1.29 is 4.79 Å². The van der Waals surface area contributed by atoms with Gasteiger partial charge in [0, 0.05) is 23.6 Å². The van der Waals surface area contributed by atoms with Crippen LogP contribution in [0.1, 0.15) is 72.6 Å². The van der Waals surface area contributed by atoms with Crippen LogP contribution >= 0.6 is 0 Å². The van der Waals surface area contributed by atoms with E-state index in [4.69, 9.17) is 4.98 Å². The average Bonchev–Trinajstić information content (AvgIpc) is 2.40. The van der Waals surface area contributed by atoms with Crippen LogP contribution in [0.5, 0.6) is 0 Å². The molecule has 17 heavy (non-hydrogen) atoms. The van der Waals surface area contributed by atoms with Crippen LogP contribution in [0.15, 0.2) is 12.1 Å². The summed E-state index contributed by atoms with van der Waals surface area (Å²) in [7, 11) is 0. The number of carbonyl (C=O) groups excluding carboxylic acids is 1. The summed E-state index contributed by atoms with van der Waals surface area (Å²) in [5.41, 5.74) is 3.18. The van der Waals surface area contributed by atoms with Crippen LogP contribution in [0.4, 0.5) is 0 Å². The minimum atomic E-state index is 0.286. The third kappa shape index (κ3) is 2.13. The minimum Gasteiger partial charge on any atom is -0.294 e. The standard InChI is InChI=1S/C15H19NO/c17-15-8-4-7-14-12(15)9-10-13(16-14)11-5-2-1-3-6-11/h9-11H,1-8H2. The molecule has 90 valence electrons.